The number of para-hydroxylation sites is 5. The van der Waals surface area contributed by atoms with Crippen molar-refractivity contribution in [2.75, 3.05) is 4.90 Å². The van der Waals surface area contributed by atoms with Gasteiger partial charge in [0.05, 0.1) is 5.41 Å². The minimum Gasteiger partial charge on any atom is -0.455 e. The first-order chi connectivity index (χ1) is 65.4. The summed E-state index contributed by atoms with van der Waals surface area (Å²) in [5, 5.41) is 9.83. The van der Waals surface area contributed by atoms with Crippen LogP contribution in [0, 0.1) is 0 Å². The molecule has 0 spiro atoms. The molecule has 0 amide bonds. The predicted molar refractivity (Wildman–Crippen MR) is 556 cm³/mol. The molecule has 0 saturated heterocycles. The Morgan fingerprint density at radius 3 is 0.947 bits per heavy atom. The zero-order chi connectivity index (χ0) is 87.4. The second-order valence-electron chi connectivity index (χ2n) is 33.7. The second kappa shape index (κ2) is 33.8. The Kier molecular flexibility index (Phi) is 20.2. The molecule has 0 aliphatic heterocycles. The van der Waals surface area contributed by atoms with Crippen molar-refractivity contribution in [2.24, 2.45) is 0 Å². The van der Waals surface area contributed by atoms with E-state index in [-0.39, 0.29) is 0 Å². The van der Waals surface area contributed by atoms with Gasteiger partial charge in [0.25, 0.3) is 0 Å². The lowest BCUT2D eigenvalue weighted by Gasteiger charge is -2.34. The smallest absolute Gasteiger partial charge is 0.143 e. The van der Waals surface area contributed by atoms with Crippen LogP contribution in [0.15, 0.2) is 501 Å². The quantitative estimate of drug-likeness (QED) is 0.109. The van der Waals surface area contributed by atoms with Gasteiger partial charge in [-0.2, -0.15) is 0 Å². The summed E-state index contributed by atoms with van der Waals surface area (Å²) in [6.07, 6.45) is 7.82. The van der Waals surface area contributed by atoms with Crippen molar-refractivity contribution in [3.05, 3.63) is 514 Å². The highest BCUT2D eigenvalue weighted by Gasteiger charge is 2.46. The number of aromatic nitrogens is 2. The fourth-order valence-corrected chi connectivity index (χ4v) is 22.4. The molecular formula is C125H81N3O2S2. The van der Waals surface area contributed by atoms with Gasteiger partial charge in [0.2, 0.25) is 0 Å². The first-order valence-electron chi connectivity index (χ1n) is 44.7. The van der Waals surface area contributed by atoms with Gasteiger partial charge in [-0.05, 0) is 197 Å². The van der Waals surface area contributed by atoms with Crippen LogP contribution in [0.1, 0.15) is 22.3 Å². The highest BCUT2D eigenvalue weighted by molar-refractivity contribution is 7.26. The van der Waals surface area contributed by atoms with Crippen molar-refractivity contribution in [3.63, 3.8) is 0 Å². The molecule has 7 heteroatoms. The predicted octanol–water partition coefficient (Wildman–Crippen LogP) is 35.2. The Morgan fingerprint density at radius 2 is 0.492 bits per heavy atom. The molecular weight excluding hydrogens is 1640 g/mol. The molecule has 132 heavy (non-hydrogen) atoms. The topological polar surface area (TPSA) is 55.3 Å². The third kappa shape index (κ3) is 14.2. The van der Waals surface area contributed by atoms with E-state index in [0.29, 0.717) is 0 Å². The maximum atomic E-state index is 6.33. The van der Waals surface area contributed by atoms with Gasteiger partial charge in [-0.1, -0.05) is 370 Å². The van der Waals surface area contributed by atoms with Crippen molar-refractivity contribution >= 4 is 124 Å². The molecule has 0 atom stereocenters. The van der Waals surface area contributed by atoms with E-state index < -0.39 is 5.41 Å². The number of pyridine rings is 2. The molecule has 1 aliphatic rings. The number of fused-ring (bicyclic) bond motifs is 15. The SMILES string of the molecule is c1cc(-c2cncc(-c3cccc(-c4cccc5c4oc4ccccc45)c3)c2)cc(-c2cccc3c2oc2ccccc23)c1.c1cc(-c2cncc(-c3cccc(-c4cccc5c4sc4ccccc45)c3)c2)cc(-c2cccc3c2sc2ccccc23)c1.c1ccc(-c2ccc(N(c3ccccc3)c3ccc(C4(c5ccccc5)c5ccccc5-c5ccccc54)cc3)cc2)cc1. The summed E-state index contributed by atoms with van der Waals surface area (Å²) in [4.78, 5) is 11.7. The van der Waals surface area contributed by atoms with Gasteiger partial charge >= 0.3 is 0 Å². The largest absolute Gasteiger partial charge is 0.455 e. The van der Waals surface area contributed by atoms with Crippen LogP contribution < -0.4 is 4.90 Å². The number of furan rings is 2. The maximum absolute atomic E-state index is 6.33. The number of thiophene rings is 2. The molecule has 26 rings (SSSR count). The average Bonchev–Trinajstić information content (AvgIpc) is 1.53. The van der Waals surface area contributed by atoms with Crippen LogP contribution in [0.4, 0.5) is 17.1 Å². The lowest BCUT2D eigenvalue weighted by Crippen LogP contribution is -2.28. The van der Waals surface area contributed by atoms with E-state index in [1.807, 2.05) is 71.7 Å². The Labute approximate surface area is 772 Å². The Hall–Kier alpha value is -16.7. The van der Waals surface area contributed by atoms with Crippen molar-refractivity contribution in [3.8, 4) is 111 Å². The Balaban J connectivity index is 0.000000109. The normalized spacial score (nSPS) is 12.0. The van der Waals surface area contributed by atoms with Crippen LogP contribution in [0.3, 0.4) is 0 Å². The zero-order valence-electron chi connectivity index (χ0n) is 71.7. The van der Waals surface area contributed by atoms with Crippen molar-refractivity contribution in [1.29, 1.82) is 0 Å². The van der Waals surface area contributed by atoms with Crippen LogP contribution in [-0.2, 0) is 5.41 Å². The van der Waals surface area contributed by atoms with Gasteiger partial charge in [0.1, 0.15) is 22.3 Å². The molecule has 5 nitrogen and oxygen atoms in total. The van der Waals surface area contributed by atoms with E-state index in [1.54, 1.807) is 0 Å². The highest BCUT2D eigenvalue weighted by Crippen LogP contribution is 2.57. The van der Waals surface area contributed by atoms with Gasteiger partial charge in [-0.15, -0.1) is 22.7 Å². The molecule has 25 aromatic rings. The number of benzene rings is 19. The molecule has 620 valence electrons. The molecule has 0 unspecified atom stereocenters. The van der Waals surface area contributed by atoms with Crippen LogP contribution in [0.25, 0.3) is 195 Å². The second-order valence-corrected chi connectivity index (χ2v) is 35.8. The summed E-state index contributed by atoms with van der Waals surface area (Å²) in [7, 11) is 0. The molecule has 6 heterocycles. The van der Waals surface area contributed by atoms with Crippen molar-refractivity contribution < 1.29 is 8.83 Å². The molecule has 1 aliphatic carbocycles. The van der Waals surface area contributed by atoms with Crippen molar-refractivity contribution in [1.82, 2.24) is 9.97 Å². The van der Waals surface area contributed by atoms with Crippen LogP contribution in [0.2, 0.25) is 0 Å². The van der Waals surface area contributed by atoms with Crippen LogP contribution in [-0.4, -0.2) is 9.97 Å². The first kappa shape index (κ1) is 78.8. The van der Waals surface area contributed by atoms with E-state index in [1.165, 1.54) is 118 Å². The summed E-state index contributed by atoms with van der Waals surface area (Å²) in [5.74, 6) is 0. The maximum Gasteiger partial charge on any atom is 0.143 e. The number of hydrogen-bond acceptors (Lipinski definition) is 7. The molecule has 0 bridgehead atoms. The van der Waals surface area contributed by atoms with Gasteiger partial charge in [-0.25, -0.2) is 0 Å². The molecule has 6 aromatic heterocycles. The monoisotopic (exact) mass is 1720 g/mol. The zero-order valence-corrected chi connectivity index (χ0v) is 73.4. The lowest BCUT2D eigenvalue weighted by molar-refractivity contribution is 0.669. The number of nitrogens with zero attached hydrogens (tertiary/aromatic N) is 3. The van der Waals surface area contributed by atoms with Gasteiger partial charge in [0.15, 0.2) is 0 Å². The molecule has 0 N–H and O–H groups in total. The fraction of sp³-hybridized carbons (Fsp3) is 0.00800. The Bertz CT molecular complexity index is 7920. The van der Waals surface area contributed by atoms with E-state index in [2.05, 4.69) is 453 Å². The molecule has 0 radical (unpaired) electrons. The highest BCUT2D eigenvalue weighted by atomic mass is 32.1. The first-order valence-corrected chi connectivity index (χ1v) is 46.4. The summed E-state index contributed by atoms with van der Waals surface area (Å²) >= 11 is 3.75. The van der Waals surface area contributed by atoms with Gasteiger partial charge in [0, 0.05) is 137 Å². The lowest BCUT2D eigenvalue weighted by atomic mass is 9.68. The Morgan fingerprint density at radius 1 is 0.197 bits per heavy atom. The van der Waals surface area contributed by atoms with Gasteiger partial charge in [-0.3, -0.25) is 9.97 Å². The summed E-state index contributed by atoms with van der Waals surface area (Å²) < 4.78 is 18.0. The third-order valence-corrected chi connectivity index (χ3v) is 28.5. The van der Waals surface area contributed by atoms with E-state index >= 15 is 0 Å². The molecule has 19 aromatic carbocycles. The number of anilines is 3. The average molecular weight is 1720 g/mol. The number of rotatable bonds is 14. The minimum atomic E-state index is -0.401. The van der Waals surface area contributed by atoms with E-state index in [0.717, 1.165) is 117 Å². The molecule has 0 saturated carbocycles. The standard InChI is InChI=1S/C43H31N.C41H25NO2.C41H25NS2/c1-4-14-32(15-5-1)33-24-28-37(29-25-33)44(36-18-8-3-9-19-36)38-30-26-35(27-31-38)43(34-16-6-2-7-17-34)41-22-12-10-20-39(41)40-21-11-13-23-42(40)43;2*1-3-19-38-34(13-1)36-17-7-15-32(40(36)43-38)28-11-5-9-26(21-28)30-23-31(25-42-24-30)27-10-6-12-29(22-27)33-16-8-18-37-35-14-2-4-20-39(35)44-41(33)37/h1-31H;2*1-25H. The summed E-state index contributed by atoms with van der Waals surface area (Å²) in [5.41, 5.74) is 35.1. The van der Waals surface area contributed by atoms with E-state index in [9.17, 15) is 0 Å². The molecule has 0 fully saturated rings. The summed E-state index contributed by atoms with van der Waals surface area (Å²) in [6.45, 7) is 0. The third-order valence-electron chi connectivity index (χ3n) is 26.1. The van der Waals surface area contributed by atoms with Crippen LogP contribution >= 0.6 is 22.7 Å². The fourth-order valence-electron chi connectivity index (χ4n) is 19.9. The van der Waals surface area contributed by atoms with E-state index in [4.69, 9.17) is 13.8 Å². The van der Waals surface area contributed by atoms with Crippen LogP contribution in [0.5, 0.6) is 0 Å². The summed E-state index contributed by atoms with van der Waals surface area (Å²) in [6, 6.07) is 167. The minimum absolute atomic E-state index is 0.401. The number of hydrogen-bond donors (Lipinski definition) is 0. The van der Waals surface area contributed by atoms with Gasteiger partial charge < -0.3 is 13.7 Å². The van der Waals surface area contributed by atoms with Crippen molar-refractivity contribution in [2.45, 2.75) is 5.41 Å².